The average molecular weight is 305 g/mol. The summed E-state index contributed by atoms with van der Waals surface area (Å²) in [6.45, 7) is 0.415. The van der Waals surface area contributed by atoms with Crippen molar-refractivity contribution < 1.29 is 27.9 Å². The van der Waals surface area contributed by atoms with Crippen LogP contribution in [0.25, 0.3) is 0 Å². The molecule has 0 aliphatic carbocycles. The molecule has 0 saturated carbocycles. The highest BCUT2D eigenvalue weighted by molar-refractivity contribution is 5.81. The molecule has 0 fully saturated rings. The average Bonchev–Trinajstić information content (AvgIpc) is 2.44. The largest absolute Gasteiger partial charge is 0.491 e. The van der Waals surface area contributed by atoms with Crippen molar-refractivity contribution in [2.24, 2.45) is 5.16 Å². The SMILES string of the molecule is CC(CCc1ccc(OCCOCC(F)(F)F)cc1)=NO. The number of hydrogen-bond acceptors (Lipinski definition) is 4. The molecule has 0 heterocycles. The fraction of sp³-hybridized carbons (Fsp3) is 0.500. The van der Waals surface area contributed by atoms with Gasteiger partial charge in [0, 0.05) is 0 Å². The summed E-state index contributed by atoms with van der Waals surface area (Å²) in [4.78, 5) is 0. The number of aryl methyl sites for hydroxylation is 1. The van der Waals surface area contributed by atoms with E-state index in [1.165, 1.54) is 0 Å². The second kappa shape index (κ2) is 8.51. The summed E-state index contributed by atoms with van der Waals surface area (Å²) in [5.41, 5.74) is 1.70. The molecule has 0 unspecified atom stereocenters. The van der Waals surface area contributed by atoms with Crippen LogP contribution in [0.3, 0.4) is 0 Å². The lowest BCUT2D eigenvalue weighted by Crippen LogP contribution is -2.19. The van der Waals surface area contributed by atoms with Gasteiger partial charge in [-0.3, -0.25) is 0 Å². The predicted octanol–water partition coefficient (Wildman–Crippen LogP) is 3.43. The number of rotatable bonds is 8. The van der Waals surface area contributed by atoms with Crippen molar-refractivity contribution in [2.45, 2.75) is 25.9 Å². The Bertz CT molecular complexity index is 444. The fourth-order valence-electron chi connectivity index (χ4n) is 1.53. The van der Waals surface area contributed by atoms with Gasteiger partial charge in [-0.05, 0) is 37.5 Å². The van der Waals surface area contributed by atoms with Crippen LogP contribution in [0.1, 0.15) is 18.9 Å². The Hall–Kier alpha value is -1.76. The molecule has 0 amide bonds. The minimum Gasteiger partial charge on any atom is -0.491 e. The molecule has 0 aliphatic rings. The molecule has 7 heteroatoms. The van der Waals surface area contributed by atoms with E-state index in [1.54, 1.807) is 19.1 Å². The normalized spacial score (nSPS) is 12.5. The van der Waals surface area contributed by atoms with Crippen molar-refractivity contribution in [1.82, 2.24) is 0 Å². The van der Waals surface area contributed by atoms with Crippen LogP contribution < -0.4 is 4.74 Å². The molecule has 0 aliphatic heterocycles. The molecule has 0 bridgehead atoms. The van der Waals surface area contributed by atoms with Gasteiger partial charge in [0.05, 0.1) is 12.3 Å². The van der Waals surface area contributed by atoms with Crippen LogP contribution >= 0.6 is 0 Å². The van der Waals surface area contributed by atoms with E-state index in [4.69, 9.17) is 9.94 Å². The smallest absolute Gasteiger partial charge is 0.411 e. The Kier molecular flexibility index (Phi) is 7.01. The highest BCUT2D eigenvalue weighted by Gasteiger charge is 2.27. The van der Waals surface area contributed by atoms with E-state index in [1.807, 2.05) is 12.1 Å². The van der Waals surface area contributed by atoms with E-state index in [2.05, 4.69) is 9.89 Å². The molecule has 1 aromatic carbocycles. The number of alkyl halides is 3. The van der Waals surface area contributed by atoms with E-state index in [0.717, 1.165) is 12.0 Å². The molecule has 1 rings (SSSR count). The topological polar surface area (TPSA) is 51.0 Å². The maximum Gasteiger partial charge on any atom is 0.411 e. The zero-order chi connectivity index (χ0) is 15.7. The molecule has 4 nitrogen and oxygen atoms in total. The third-order valence-electron chi connectivity index (χ3n) is 2.63. The summed E-state index contributed by atoms with van der Waals surface area (Å²) in [6.07, 6.45) is -2.91. The second-order valence-corrected chi connectivity index (χ2v) is 4.50. The van der Waals surface area contributed by atoms with Crippen molar-refractivity contribution in [3.8, 4) is 5.75 Å². The molecule has 1 aromatic rings. The first kappa shape index (κ1) is 17.3. The van der Waals surface area contributed by atoms with Gasteiger partial charge in [0.25, 0.3) is 0 Å². The Morgan fingerprint density at radius 2 is 1.86 bits per heavy atom. The van der Waals surface area contributed by atoms with Crippen molar-refractivity contribution >= 4 is 5.71 Å². The van der Waals surface area contributed by atoms with Gasteiger partial charge in [0.1, 0.15) is 19.0 Å². The summed E-state index contributed by atoms with van der Waals surface area (Å²) in [5, 5.41) is 11.6. The number of hydrogen-bond donors (Lipinski definition) is 1. The Labute approximate surface area is 121 Å². The van der Waals surface area contributed by atoms with Crippen LogP contribution in [-0.2, 0) is 11.2 Å². The van der Waals surface area contributed by atoms with Gasteiger partial charge in [-0.1, -0.05) is 17.3 Å². The van der Waals surface area contributed by atoms with Crippen LogP contribution in [0, 0.1) is 0 Å². The number of ether oxygens (including phenoxy) is 2. The summed E-state index contributed by atoms with van der Waals surface area (Å²) < 4.78 is 45.1. The zero-order valence-electron chi connectivity index (χ0n) is 11.7. The van der Waals surface area contributed by atoms with Crippen molar-refractivity contribution in [2.75, 3.05) is 19.8 Å². The molecule has 0 saturated heterocycles. The zero-order valence-corrected chi connectivity index (χ0v) is 11.7. The third kappa shape index (κ3) is 8.19. The van der Waals surface area contributed by atoms with Gasteiger partial charge < -0.3 is 14.7 Å². The first-order valence-corrected chi connectivity index (χ1v) is 6.44. The molecule has 0 aromatic heterocycles. The van der Waals surface area contributed by atoms with Crippen LogP contribution in [-0.4, -0.2) is 36.9 Å². The van der Waals surface area contributed by atoms with Gasteiger partial charge in [-0.2, -0.15) is 13.2 Å². The Morgan fingerprint density at radius 3 is 2.43 bits per heavy atom. The van der Waals surface area contributed by atoms with Gasteiger partial charge >= 0.3 is 6.18 Å². The van der Waals surface area contributed by atoms with E-state index < -0.39 is 12.8 Å². The van der Waals surface area contributed by atoms with E-state index in [0.29, 0.717) is 17.9 Å². The van der Waals surface area contributed by atoms with Crippen LogP contribution in [0.15, 0.2) is 29.4 Å². The van der Waals surface area contributed by atoms with Crippen molar-refractivity contribution in [3.63, 3.8) is 0 Å². The Balaban J connectivity index is 2.25. The maximum absolute atomic E-state index is 11.8. The highest BCUT2D eigenvalue weighted by atomic mass is 19.4. The van der Waals surface area contributed by atoms with Gasteiger partial charge in [0.15, 0.2) is 0 Å². The van der Waals surface area contributed by atoms with Gasteiger partial charge in [-0.25, -0.2) is 0 Å². The second-order valence-electron chi connectivity index (χ2n) is 4.50. The van der Waals surface area contributed by atoms with Gasteiger partial charge in [0.2, 0.25) is 0 Å². The first-order chi connectivity index (χ1) is 9.90. The lowest BCUT2D eigenvalue weighted by Gasteiger charge is -2.09. The third-order valence-corrected chi connectivity index (χ3v) is 2.63. The molecule has 0 spiro atoms. The van der Waals surface area contributed by atoms with Crippen LogP contribution in [0.4, 0.5) is 13.2 Å². The number of benzene rings is 1. The predicted molar refractivity (Wildman–Crippen MR) is 72.0 cm³/mol. The number of nitrogens with zero attached hydrogens (tertiary/aromatic N) is 1. The molecule has 21 heavy (non-hydrogen) atoms. The summed E-state index contributed by atoms with van der Waals surface area (Å²) in [7, 11) is 0. The standard InChI is InChI=1S/C14H18F3NO3/c1-11(18-19)2-3-12-4-6-13(7-5-12)21-9-8-20-10-14(15,16)17/h4-7,19H,2-3,8-10H2,1H3. The lowest BCUT2D eigenvalue weighted by molar-refractivity contribution is -0.175. The molecule has 1 N–H and O–H groups in total. The van der Waals surface area contributed by atoms with Crippen molar-refractivity contribution in [1.29, 1.82) is 0 Å². The summed E-state index contributed by atoms with van der Waals surface area (Å²) in [5.74, 6) is 0.571. The summed E-state index contributed by atoms with van der Waals surface area (Å²) >= 11 is 0. The maximum atomic E-state index is 11.8. The number of oxime groups is 1. The van der Waals surface area contributed by atoms with Crippen LogP contribution in [0.5, 0.6) is 5.75 Å². The minimum absolute atomic E-state index is 0.0612. The molecule has 118 valence electrons. The Morgan fingerprint density at radius 1 is 1.19 bits per heavy atom. The number of halogens is 3. The summed E-state index contributed by atoms with van der Waals surface area (Å²) in [6, 6.07) is 7.20. The lowest BCUT2D eigenvalue weighted by atomic mass is 10.1. The molecular formula is C14H18F3NO3. The van der Waals surface area contributed by atoms with E-state index >= 15 is 0 Å². The molecular weight excluding hydrogens is 287 g/mol. The van der Waals surface area contributed by atoms with E-state index in [9.17, 15) is 13.2 Å². The van der Waals surface area contributed by atoms with Crippen LogP contribution in [0.2, 0.25) is 0 Å². The highest BCUT2D eigenvalue weighted by Crippen LogP contribution is 2.15. The quantitative estimate of drug-likeness (QED) is 0.346. The van der Waals surface area contributed by atoms with Crippen molar-refractivity contribution in [3.05, 3.63) is 29.8 Å². The monoisotopic (exact) mass is 305 g/mol. The molecule has 0 atom stereocenters. The molecule has 0 radical (unpaired) electrons. The van der Waals surface area contributed by atoms with Gasteiger partial charge in [-0.15, -0.1) is 0 Å². The minimum atomic E-state index is -4.31. The van der Waals surface area contributed by atoms with E-state index in [-0.39, 0.29) is 13.2 Å². The first-order valence-electron chi connectivity index (χ1n) is 6.44. The fourth-order valence-corrected chi connectivity index (χ4v) is 1.53.